The second-order valence-corrected chi connectivity index (χ2v) is 3.05. The molecule has 0 aromatic heterocycles. The van der Waals surface area contributed by atoms with Crippen molar-refractivity contribution in [2.24, 2.45) is 0 Å². The first-order chi connectivity index (χ1) is 7.38. The highest BCUT2D eigenvalue weighted by atomic mass is 16.5. The molecule has 1 aromatic carbocycles. The van der Waals surface area contributed by atoms with E-state index in [-0.39, 0.29) is 0 Å². The zero-order valence-corrected chi connectivity index (χ0v) is 8.94. The van der Waals surface area contributed by atoms with Crippen molar-refractivity contribution < 1.29 is 14.3 Å². The Morgan fingerprint density at radius 3 is 2.80 bits per heavy atom. The summed E-state index contributed by atoms with van der Waals surface area (Å²) in [6.07, 6.45) is 1.64. The first kappa shape index (κ1) is 11.7. The van der Waals surface area contributed by atoms with E-state index in [1.807, 2.05) is 19.1 Å². The van der Waals surface area contributed by atoms with Gasteiger partial charge < -0.3 is 9.47 Å². The molecule has 0 unspecified atom stereocenters. The molecule has 0 atom stereocenters. The van der Waals surface area contributed by atoms with Crippen LogP contribution in [0.4, 0.5) is 0 Å². The third kappa shape index (κ3) is 4.13. The van der Waals surface area contributed by atoms with E-state index >= 15 is 0 Å². The van der Waals surface area contributed by atoms with Crippen LogP contribution in [0.15, 0.2) is 24.3 Å². The van der Waals surface area contributed by atoms with E-state index in [0.29, 0.717) is 24.5 Å². The minimum absolute atomic E-state index is 0.574. The van der Waals surface area contributed by atoms with Gasteiger partial charge >= 0.3 is 0 Å². The van der Waals surface area contributed by atoms with Crippen LogP contribution in [-0.4, -0.2) is 26.1 Å². The van der Waals surface area contributed by atoms with Crippen molar-refractivity contribution in [2.45, 2.75) is 13.3 Å². The van der Waals surface area contributed by atoms with Crippen molar-refractivity contribution in [2.75, 3.05) is 19.8 Å². The lowest BCUT2D eigenvalue weighted by molar-refractivity contribution is 0.111. The molecule has 15 heavy (non-hydrogen) atoms. The van der Waals surface area contributed by atoms with Gasteiger partial charge in [0.1, 0.15) is 5.75 Å². The monoisotopic (exact) mass is 208 g/mol. The predicted octanol–water partition coefficient (Wildman–Crippen LogP) is 2.30. The molecule has 1 rings (SSSR count). The molecular weight excluding hydrogens is 192 g/mol. The van der Waals surface area contributed by atoms with E-state index < -0.39 is 0 Å². The molecule has 1 aromatic rings. The Balaban J connectivity index is 2.33. The van der Waals surface area contributed by atoms with Crippen LogP contribution in [0.2, 0.25) is 0 Å². The third-order valence-electron chi connectivity index (χ3n) is 1.94. The molecule has 0 bridgehead atoms. The minimum Gasteiger partial charge on any atom is -0.493 e. The van der Waals surface area contributed by atoms with E-state index in [4.69, 9.17) is 9.47 Å². The van der Waals surface area contributed by atoms with Gasteiger partial charge in [-0.25, -0.2) is 0 Å². The van der Waals surface area contributed by atoms with E-state index in [9.17, 15) is 4.79 Å². The van der Waals surface area contributed by atoms with E-state index in [0.717, 1.165) is 19.3 Å². The standard InChI is InChI=1S/C12H16O3/c1-2-14-8-5-9-15-12-7-4-3-6-11(12)10-13/h3-4,6-7,10H,2,5,8-9H2,1H3. The zero-order chi connectivity index (χ0) is 10.9. The normalized spacial score (nSPS) is 9.93. The van der Waals surface area contributed by atoms with Crippen LogP contribution in [0, 0.1) is 0 Å². The van der Waals surface area contributed by atoms with Crippen molar-refractivity contribution in [3.63, 3.8) is 0 Å². The summed E-state index contributed by atoms with van der Waals surface area (Å²) in [5.74, 6) is 0.643. The van der Waals surface area contributed by atoms with Crippen LogP contribution in [-0.2, 0) is 4.74 Å². The predicted molar refractivity (Wildman–Crippen MR) is 58.4 cm³/mol. The molecule has 0 aliphatic carbocycles. The highest BCUT2D eigenvalue weighted by molar-refractivity contribution is 5.79. The molecule has 0 heterocycles. The summed E-state index contributed by atoms with van der Waals surface area (Å²) in [7, 11) is 0. The fourth-order valence-corrected chi connectivity index (χ4v) is 1.20. The molecule has 0 radical (unpaired) electrons. The highest BCUT2D eigenvalue weighted by Crippen LogP contribution is 2.15. The van der Waals surface area contributed by atoms with Gasteiger partial charge in [0.2, 0.25) is 0 Å². The molecule has 0 saturated carbocycles. The first-order valence-electron chi connectivity index (χ1n) is 5.13. The number of hydrogen-bond acceptors (Lipinski definition) is 3. The van der Waals surface area contributed by atoms with Gasteiger partial charge in [-0.2, -0.15) is 0 Å². The van der Waals surface area contributed by atoms with E-state index in [2.05, 4.69) is 0 Å². The molecule has 0 N–H and O–H groups in total. The molecule has 0 aliphatic heterocycles. The van der Waals surface area contributed by atoms with Crippen LogP contribution in [0.1, 0.15) is 23.7 Å². The number of aldehydes is 1. The van der Waals surface area contributed by atoms with Gasteiger partial charge in [-0.15, -0.1) is 0 Å². The Bertz CT molecular complexity index is 297. The second-order valence-electron chi connectivity index (χ2n) is 3.05. The summed E-state index contributed by atoms with van der Waals surface area (Å²) < 4.78 is 10.6. The van der Waals surface area contributed by atoms with Crippen LogP contribution >= 0.6 is 0 Å². The molecular formula is C12H16O3. The number of para-hydroxylation sites is 1. The summed E-state index contributed by atoms with van der Waals surface area (Å²) in [4.78, 5) is 10.7. The highest BCUT2D eigenvalue weighted by Gasteiger charge is 2.00. The third-order valence-corrected chi connectivity index (χ3v) is 1.94. The molecule has 0 aliphatic rings. The largest absolute Gasteiger partial charge is 0.493 e. The molecule has 82 valence electrons. The van der Waals surface area contributed by atoms with Crippen LogP contribution < -0.4 is 4.74 Å². The lowest BCUT2D eigenvalue weighted by atomic mass is 10.2. The second kappa shape index (κ2) is 7.01. The molecule has 0 saturated heterocycles. The number of benzene rings is 1. The summed E-state index contributed by atoms with van der Waals surface area (Å²) in [5.41, 5.74) is 0.592. The lowest BCUT2D eigenvalue weighted by Crippen LogP contribution is -2.04. The smallest absolute Gasteiger partial charge is 0.153 e. The molecule has 3 nitrogen and oxygen atoms in total. The fraction of sp³-hybridized carbons (Fsp3) is 0.417. The first-order valence-corrected chi connectivity index (χ1v) is 5.13. The molecule has 3 heteroatoms. The Morgan fingerprint density at radius 1 is 1.27 bits per heavy atom. The maximum absolute atomic E-state index is 10.7. The molecule has 0 amide bonds. The van der Waals surface area contributed by atoms with Gasteiger partial charge in [-0.3, -0.25) is 4.79 Å². The number of ether oxygens (including phenoxy) is 2. The summed E-state index contributed by atoms with van der Waals surface area (Å²) in [6.45, 7) is 3.96. The van der Waals surface area contributed by atoms with Crippen molar-refractivity contribution in [3.05, 3.63) is 29.8 Å². The van der Waals surface area contributed by atoms with Gasteiger partial charge in [0.15, 0.2) is 6.29 Å². The van der Waals surface area contributed by atoms with Crippen LogP contribution in [0.3, 0.4) is 0 Å². The minimum atomic E-state index is 0.574. The van der Waals surface area contributed by atoms with Crippen molar-refractivity contribution in [1.29, 1.82) is 0 Å². The number of carbonyl (C=O) groups is 1. The number of hydrogen-bond donors (Lipinski definition) is 0. The lowest BCUT2D eigenvalue weighted by Gasteiger charge is -2.07. The maximum Gasteiger partial charge on any atom is 0.153 e. The zero-order valence-electron chi connectivity index (χ0n) is 8.94. The van der Waals surface area contributed by atoms with Crippen molar-refractivity contribution in [1.82, 2.24) is 0 Å². The maximum atomic E-state index is 10.7. The van der Waals surface area contributed by atoms with Gasteiger partial charge in [-0.1, -0.05) is 12.1 Å². The fourth-order valence-electron chi connectivity index (χ4n) is 1.20. The Hall–Kier alpha value is -1.35. The summed E-state index contributed by atoms with van der Waals surface area (Å²) >= 11 is 0. The Morgan fingerprint density at radius 2 is 2.07 bits per heavy atom. The summed E-state index contributed by atoms with van der Waals surface area (Å²) in [5, 5.41) is 0. The number of carbonyl (C=O) groups excluding carboxylic acids is 1. The average Bonchev–Trinajstić information content (AvgIpc) is 2.29. The Kier molecular flexibility index (Phi) is 5.48. The van der Waals surface area contributed by atoms with Gasteiger partial charge in [0.25, 0.3) is 0 Å². The van der Waals surface area contributed by atoms with Crippen molar-refractivity contribution >= 4 is 6.29 Å². The van der Waals surface area contributed by atoms with Crippen LogP contribution in [0.5, 0.6) is 5.75 Å². The van der Waals surface area contributed by atoms with E-state index in [1.54, 1.807) is 12.1 Å². The van der Waals surface area contributed by atoms with Gasteiger partial charge in [0.05, 0.1) is 12.2 Å². The number of rotatable bonds is 7. The van der Waals surface area contributed by atoms with Gasteiger partial charge in [0, 0.05) is 19.6 Å². The summed E-state index contributed by atoms with van der Waals surface area (Å²) in [6, 6.07) is 7.21. The van der Waals surface area contributed by atoms with E-state index in [1.165, 1.54) is 0 Å². The quantitative estimate of drug-likeness (QED) is 0.509. The SMILES string of the molecule is CCOCCCOc1ccccc1C=O. The molecule has 0 fully saturated rings. The topological polar surface area (TPSA) is 35.5 Å². The average molecular weight is 208 g/mol. The molecule has 0 spiro atoms. The van der Waals surface area contributed by atoms with Crippen LogP contribution in [0.25, 0.3) is 0 Å². The van der Waals surface area contributed by atoms with Crippen molar-refractivity contribution in [3.8, 4) is 5.75 Å². The Labute approximate surface area is 90.0 Å². The van der Waals surface area contributed by atoms with Gasteiger partial charge in [-0.05, 0) is 19.1 Å².